The normalized spacial score (nSPS) is 34.5. The van der Waals surface area contributed by atoms with Gasteiger partial charge in [0.15, 0.2) is 0 Å². The summed E-state index contributed by atoms with van der Waals surface area (Å²) in [6.07, 6.45) is 12.1. The van der Waals surface area contributed by atoms with Crippen molar-refractivity contribution in [2.45, 2.75) is 63.5 Å². The van der Waals surface area contributed by atoms with Crippen LogP contribution in [0.5, 0.6) is 0 Å². The summed E-state index contributed by atoms with van der Waals surface area (Å²) < 4.78 is 1.90. The van der Waals surface area contributed by atoms with Crippen LogP contribution in [0, 0.1) is 17.8 Å². The van der Waals surface area contributed by atoms with Crippen LogP contribution in [-0.2, 0) is 12.0 Å². The molecule has 6 heteroatoms. The molecule has 134 valence electrons. The van der Waals surface area contributed by atoms with Gasteiger partial charge < -0.3 is 5.32 Å². The molecule has 5 nitrogen and oxygen atoms in total. The first-order valence-electron chi connectivity index (χ1n) is 9.70. The van der Waals surface area contributed by atoms with Gasteiger partial charge in [-0.25, -0.2) is 14.6 Å². The van der Waals surface area contributed by atoms with Crippen LogP contribution in [0.15, 0.2) is 18.0 Å². The Morgan fingerprint density at radius 2 is 1.96 bits per heavy atom. The van der Waals surface area contributed by atoms with Gasteiger partial charge in [-0.2, -0.15) is 5.10 Å². The van der Waals surface area contributed by atoms with Crippen LogP contribution in [0.1, 0.15) is 62.2 Å². The standard InChI is InChI=1S/C19H27N5S/c1-13(24-12-21-11-22-24)8-20-9-17-10-25-18(23-17)19-5-14-2-15(6-19)4-16(3-14)7-19/h10-16,20H,2-9H2,1H3. The lowest BCUT2D eigenvalue weighted by molar-refractivity contribution is -0.00534. The number of hydrogen-bond acceptors (Lipinski definition) is 5. The molecule has 0 amide bonds. The maximum absolute atomic E-state index is 5.08. The van der Waals surface area contributed by atoms with E-state index in [0.717, 1.165) is 30.8 Å². The minimum absolute atomic E-state index is 0.309. The average molecular weight is 358 g/mol. The van der Waals surface area contributed by atoms with Gasteiger partial charge in [-0.1, -0.05) is 0 Å². The summed E-state index contributed by atoms with van der Waals surface area (Å²) in [6.45, 7) is 3.89. The summed E-state index contributed by atoms with van der Waals surface area (Å²) in [4.78, 5) is 9.10. The Hall–Kier alpha value is -1.27. The van der Waals surface area contributed by atoms with Gasteiger partial charge in [0.05, 0.1) is 16.7 Å². The van der Waals surface area contributed by atoms with Gasteiger partial charge in [-0.3, -0.25) is 0 Å². The SMILES string of the molecule is CC(CNCc1csc(C23CC4CC(CC(C4)C2)C3)n1)n1cncn1. The molecule has 1 atom stereocenters. The third-order valence-electron chi connectivity index (χ3n) is 6.68. The lowest BCUT2D eigenvalue weighted by atomic mass is 9.50. The molecule has 4 fully saturated rings. The van der Waals surface area contributed by atoms with Gasteiger partial charge in [0.2, 0.25) is 0 Å². The van der Waals surface area contributed by atoms with E-state index in [2.05, 4.69) is 27.7 Å². The van der Waals surface area contributed by atoms with E-state index in [4.69, 9.17) is 4.98 Å². The van der Waals surface area contributed by atoms with E-state index < -0.39 is 0 Å². The summed E-state index contributed by atoms with van der Waals surface area (Å²) in [6, 6.07) is 0.309. The Morgan fingerprint density at radius 1 is 1.24 bits per heavy atom. The first-order chi connectivity index (χ1) is 12.2. The number of hydrogen-bond donors (Lipinski definition) is 1. The quantitative estimate of drug-likeness (QED) is 0.859. The van der Waals surface area contributed by atoms with Crippen molar-refractivity contribution in [3.8, 4) is 0 Å². The van der Waals surface area contributed by atoms with Crippen LogP contribution in [0.25, 0.3) is 0 Å². The summed E-state index contributed by atoms with van der Waals surface area (Å²) in [7, 11) is 0. The molecule has 4 aliphatic carbocycles. The third-order valence-corrected chi connectivity index (χ3v) is 7.82. The molecule has 6 rings (SSSR count). The summed E-state index contributed by atoms with van der Waals surface area (Å²) in [5.41, 5.74) is 1.65. The topological polar surface area (TPSA) is 55.6 Å². The Labute approximate surface area is 153 Å². The zero-order valence-corrected chi connectivity index (χ0v) is 15.7. The van der Waals surface area contributed by atoms with E-state index in [1.807, 2.05) is 16.0 Å². The van der Waals surface area contributed by atoms with Crippen molar-refractivity contribution in [3.05, 3.63) is 28.7 Å². The number of thiazole rings is 1. The zero-order valence-electron chi connectivity index (χ0n) is 14.9. The first kappa shape index (κ1) is 15.9. The van der Waals surface area contributed by atoms with Crippen LogP contribution >= 0.6 is 11.3 Å². The third kappa shape index (κ3) is 2.93. The molecule has 2 heterocycles. The van der Waals surface area contributed by atoms with Crippen molar-refractivity contribution in [1.29, 1.82) is 0 Å². The Bertz CT molecular complexity index is 687. The molecule has 4 saturated carbocycles. The van der Waals surface area contributed by atoms with Crippen LogP contribution in [0.3, 0.4) is 0 Å². The predicted octanol–water partition coefficient (Wildman–Crippen LogP) is 3.55. The predicted molar refractivity (Wildman–Crippen MR) is 98.4 cm³/mol. The molecule has 2 aromatic rings. The molecule has 1 N–H and O–H groups in total. The van der Waals surface area contributed by atoms with Gasteiger partial charge in [0.25, 0.3) is 0 Å². The highest BCUT2D eigenvalue weighted by molar-refractivity contribution is 7.09. The molecule has 0 saturated heterocycles. The Morgan fingerprint density at radius 3 is 2.60 bits per heavy atom. The molecule has 1 unspecified atom stereocenters. The van der Waals surface area contributed by atoms with E-state index in [1.165, 1.54) is 49.2 Å². The first-order valence-corrected chi connectivity index (χ1v) is 10.6. The van der Waals surface area contributed by atoms with Crippen LogP contribution < -0.4 is 5.32 Å². The highest BCUT2D eigenvalue weighted by Gasteiger charge is 2.52. The Balaban J connectivity index is 1.22. The van der Waals surface area contributed by atoms with Gasteiger partial charge in [0.1, 0.15) is 12.7 Å². The van der Waals surface area contributed by atoms with Crippen molar-refractivity contribution in [1.82, 2.24) is 25.1 Å². The number of nitrogens with one attached hydrogen (secondary N) is 1. The van der Waals surface area contributed by atoms with Crippen molar-refractivity contribution in [2.24, 2.45) is 17.8 Å². The molecular weight excluding hydrogens is 330 g/mol. The largest absolute Gasteiger partial charge is 0.309 e. The molecule has 0 aromatic carbocycles. The smallest absolute Gasteiger partial charge is 0.137 e. The molecule has 4 bridgehead atoms. The number of rotatable bonds is 6. The second-order valence-corrected chi connectivity index (χ2v) is 9.56. The highest BCUT2D eigenvalue weighted by atomic mass is 32.1. The summed E-state index contributed by atoms with van der Waals surface area (Å²) in [5.74, 6) is 2.96. The fraction of sp³-hybridized carbons (Fsp3) is 0.737. The monoisotopic (exact) mass is 357 g/mol. The summed E-state index contributed by atoms with van der Waals surface area (Å²) in [5, 5.41) is 11.5. The number of aromatic nitrogens is 4. The van der Waals surface area contributed by atoms with E-state index in [0.29, 0.717) is 11.5 Å². The van der Waals surface area contributed by atoms with Crippen molar-refractivity contribution < 1.29 is 0 Å². The van der Waals surface area contributed by atoms with Crippen molar-refractivity contribution in [3.63, 3.8) is 0 Å². The van der Waals surface area contributed by atoms with E-state index in [9.17, 15) is 0 Å². The van der Waals surface area contributed by atoms with Crippen LogP contribution in [0.2, 0.25) is 0 Å². The van der Waals surface area contributed by atoms with Gasteiger partial charge in [-0.05, 0) is 63.2 Å². The second kappa shape index (κ2) is 6.16. The lowest BCUT2D eigenvalue weighted by Gasteiger charge is -2.56. The van der Waals surface area contributed by atoms with Crippen molar-refractivity contribution in [2.75, 3.05) is 6.54 Å². The Kier molecular flexibility index (Phi) is 3.93. The summed E-state index contributed by atoms with van der Waals surface area (Å²) >= 11 is 1.92. The van der Waals surface area contributed by atoms with E-state index in [1.54, 1.807) is 12.7 Å². The molecule has 0 aliphatic heterocycles. The minimum Gasteiger partial charge on any atom is -0.309 e. The highest BCUT2D eigenvalue weighted by Crippen LogP contribution is 2.61. The fourth-order valence-corrected chi connectivity index (χ4v) is 7.01. The minimum atomic E-state index is 0.309. The van der Waals surface area contributed by atoms with Crippen molar-refractivity contribution >= 4 is 11.3 Å². The molecular formula is C19H27N5S. The average Bonchev–Trinajstić information content (AvgIpc) is 3.26. The second-order valence-electron chi connectivity index (χ2n) is 8.70. The van der Waals surface area contributed by atoms with Crippen LogP contribution in [0.4, 0.5) is 0 Å². The maximum Gasteiger partial charge on any atom is 0.137 e. The molecule has 4 aliphatic rings. The molecule has 0 radical (unpaired) electrons. The van der Waals surface area contributed by atoms with Gasteiger partial charge in [-0.15, -0.1) is 11.3 Å². The fourth-order valence-electron chi connectivity index (χ4n) is 5.95. The lowest BCUT2D eigenvalue weighted by Crippen LogP contribution is -2.48. The maximum atomic E-state index is 5.08. The zero-order chi connectivity index (χ0) is 16.9. The molecule has 2 aromatic heterocycles. The molecule has 25 heavy (non-hydrogen) atoms. The van der Waals surface area contributed by atoms with Gasteiger partial charge in [0, 0.05) is 23.9 Å². The number of nitrogens with zero attached hydrogens (tertiary/aromatic N) is 4. The van der Waals surface area contributed by atoms with E-state index >= 15 is 0 Å². The molecule has 0 spiro atoms. The van der Waals surface area contributed by atoms with E-state index in [-0.39, 0.29) is 0 Å². The van der Waals surface area contributed by atoms with Gasteiger partial charge >= 0.3 is 0 Å². The van der Waals surface area contributed by atoms with Crippen LogP contribution in [-0.4, -0.2) is 26.3 Å².